The van der Waals surface area contributed by atoms with Gasteiger partial charge in [0.2, 0.25) is 0 Å². The van der Waals surface area contributed by atoms with Crippen LogP contribution in [-0.4, -0.2) is 26.4 Å². The summed E-state index contributed by atoms with van der Waals surface area (Å²) in [5.41, 5.74) is 6.82. The third-order valence-corrected chi connectivity index (χ3v) is 8.51. The maximum absolute atomic E-state index is 13.4. The number of rotatable bonds is 10. The fraction of sp³-hybridized carbons (Fsp3) is 0.600. The van der Waals surface area contributed by atoms with Crippen molar-refractivity contribution in [3.63, 3.8) is 0 Å². The summed E-state index contributed by atoms with van der Waals surface area (Å²) < 4.78 is 48.4. The number of allylic oxidation sites excluding steroid dienone is 4. The smallest absolute Gasteiger partial charge is 0.369 e. The van der Waals surface area contributed by atoms with E-state index in [1.54, 1.807) is 45.9 Å². The predicted molar refractivity (Wildman–Crippen MR) is 94.8 cm³/mol. The molecule has 1 aliphatic rings. The zero-order valence-electron chi connectivity index (χ0n) is 14.7. The molecule has 0 unspecified atom stereocenters. The lowest BCUT2D eigenvalue weighted by Gasteiger charge is -2.28. The average molecular weight is 379 g/mol. The number of hydrogen-bond acceptors (Lipinski definition) is 7. The van der Waals surface area contributed by atoms with Crippen molar-refractivity contribution in [3.8, 4) is 0 Å². The van der Waals surface area contributed by atoms with Gasteiger partial charge in [-0.3, -0.25) is 9.13 Å². The Morgan fingerprint density at radius 3 is 1.62 bits per heavy atom. The maximum Gasteiger partial charge on any atom is 0.369 e. The van der Waals surface area contributed by atoms with Gasteiger partial charge in [-0.2, -0.15) is 0 Å². The van der Waals surface area contributed by atoms with Crippen LogP contribution in [0.1, 0.15) is 34.1 Å². The standard InChI is InChI=1S/C15H27NO6P2/c1-5-19-23(17,20-6-2)15(13-9-11-14(16)12-10-13)24(18,21-7-3)22-8-4/h9,11-12H,5-8,10,16H2,1-4H3. The first-order chi connectivity index (χ1) is 11.4. The second-order valence-corrected chi connectivity index (χ2v) is 9.03. The van der Waals surface area contributed by atoms with Crippen LogP contribution in [0.3, 0.4) is 0 Å². The van der Waals surface area contributed by atoms with Gasteiger partial charge in [-0.15, -0.1) is 0 Å². The molecule has 0 aromatic carbocycles. The van der Waals surface area contributed by atoms with E-state index < -0.39 is 15.2 Å². The first-order valence-corrected chi connectivity index (χ1v) is 11.1. The van der Waals surface area contributed by atoms with E-state index in [1.807, 2.05) is 0 Å². The molecule has 0 saturated heterocycles. The summed E-state index contributed by atoms with van der Waals surface area (Å²) in [5, 5.41) is -0.0394. The van der Waals surface area contributed by atoms with Crippen molar-refractivity contribution in [3.05, 3.63) is 34.6 Å². The Labute approximate surface area is 143 Å². The lowest BCUT2D eigenvalue weighted by Crippen LogP contribution is -2.08. The normalized spacial score (nSPS) is 15.5. The van der Waals surface area contributed by atoms with Crippen LogP contribution in [0.5, 0.6) is 0 Å². The maximum atomic E-state index is 13.4. The van der Waals surface area contributed by atoms with Crippen molar-refractivity contribution in [2.45, 2.75) is 34.1 Å². The first-order valence-electron chi connectivity index (χ1n) is 8.03. The van der Waals surface area contributed by atoms with Crippen LogP contribution in [-0.2, 0) is 27.2 Å². The molecule has 0 heterocycles. The highest BCUT2D eigenvalue weighted by molar-refractivity contribution is 7.78. The highest BCUT2D eigenvalue weighted by atomic mass is 31.2. The minimum atomic E-state index is -3.85. The molecule has 0 aromatic heterocycles. The third-order valence-electron chi connectivity index (χ3n) is 3.04. The Balaban J connectivity index is 3.58. The molecular weight excluding hydrogens is 352 g/mol. The Morgan fingerprint density at radius 2 is 1.33 bits per heavy atom. The summed E-state index contributed by atoms with van der Waals surface area (Å²) in [7, 11) is -7.71. The average Bonchev–Trinajstić information content (AvgIpc) is 2.50. The molecule has 0 bridgehead atoms. The molecule has 0 radical (unpaired) electrons. The van der Waals surface area contributed by atoms with E-state index in [4.69, 9.17) is 23.8 Å². The van der Waals surface area contributed by atoms with Crippen LogP contribution in [0, 0.1) is 0 Å². The van der Waals surface area contributed by atoms with Gasteiger partial charge in [-0.25, -0.2) is 0 Å². The van der Waals surface area contributed by atoms with Gasteiger partial charge in [-0.1, -0.05) is 12.2 Å². The molecule has 1 aliphatic carbocycles. The Morgan fingerprint density at radius 1 is 0.917 bits per heavy atom. The molecule has 2 N–H and O–H groups in total. The summed E-state index contributed by atoms with van der Waals surface area (Å²) in [6.45, 7) is 7.29. The van der Waals surface area contributed by atoms with Crippen molar-refractivity contribution in [2.75, 3.05) is 26.4 Å². The summed E-state index contributed by atoms with van der Waals surface area (Å²) in [4.78, 5) is 0. The van der Waals surface area contributed by atoms with Gasteiger partial charge in [0.1, 0.15) is 0 Å². The summed E-state index contributed by atoms with van der Waals surface area (Å²) >= 11 is 0. The van der Waals surface area contributed by atoms with Crippen molar-refractivity contribution in [1.29, 1.82) is 0 Å². The van der Waals surface area contributed by atoms with Crippen LogP contribution in [0.2, 0.25) is 0 Å². The molecule has 9 heteroatoms. The molecule has 24 heavy (non-hydrogen) atoms. The quantitative estimate of drug-likeness (QED) is 0.557. The van der Waals surface area contributed by atoms with Gasteiger partial charge < -0.3 is 23.8 Å². The van der Waals surface area contributed by atoms with E-state index >= 15 is 0 Å². The molecule has 138 valence electrons. The van der Waals surface area contributed by atoms with Gasteiger partial charge in [0, 0.05) is 5.70 Å². The van der Waals surface area contributed by atoms with E-state index in [0.29, 0.717) is 17.7 Å². The molecule has 0 amide bonds. The summed E-state index contributed by atoms with van der Waals surface area (Å²) in [6.07, 6.45) is 5.37. The molecule has 0 spiro atoms. The van der Waals surface area contributed by atoms with Crippen LogP contribution >= 0.6 is 15.2 Å². The topological polar surface area (TPSA) is 97.1 Å². The fourth-order valence-corrected chi connectivity index (χ4v) is 7.15. The highest BCUT2D eigenvalue weighted by Gasteiger charge is 2.47. The second-order valence-electron chi connectivity index (χ2n) is 4.76. The minimum Gasteiger partial charge on any atom is -0.399 e. The van der Waals surface area contributed by atoms with Crippen LogP contribution in [0.4, 0.5) is 0 Å². The van der Waals surface area contributed by atoms with E-state index in [-0.39, 0.29) is 31.5 Å². The fourth-order valence-electron chi connectivity index (χ4n) is 2.23. The molecule has 0 saturated carbocycles. The van der Waals surface area contributed by atoms with Gasteiger partial charge in [0.25, 0.3) is 0 Å². The van der Waals surface area contributed by atoms with Crippen LogP contribution in [0.25, 0.3) is 0 Å². The van der Waals surface area contributed by atoms with Gasteiger partial charge in [0.05, 0.1) is 26.4 Å². The second kappa shape index (κ2) is 9.71. The van der Waals surface area contributed by atoms with E-state index in [1.165, 1.54) is 0 Å². The van der Waals surface area contributed by atoms with Crippen LogP contribution < -0.4 is 5.73 Å². The number of nitrogens with two attached hydrogens (primary N) is 1. The SMILES string of the molecule is CCOP(=O)(OCC)C(=C1C=CC(N)=CC1)P(=O)(OCC)OCC. The van der Waals surface area contributed by atoms with Crippen molar-refractivity contribution >= 4 is 15.2 Å². The molecule has 0 atom stereocenters. The Kier molecular flexibility index (Phi) is 8.65. The van der Waals surface area contributed by atoms with Crippen molar-refractivity contribution in [2.24, 2.45) is 5.73 Å². The molecule has 0 aliphatic heterocycles. The summed E-state index contributed by atoms with van der Waals surface area (Å²) in [5.74, 6) is 0. The van der Waals surface area contributed by atoms with Crippen LogP contribution in [0.15, 0.2) is 34.6 Å². The Hall–Kier alpha value is -0.680. The first kappa shape index (κ1) is 21.4. The van der Waals surface area contributed by atoms with E-state index in [2.05, 4.69) is 0 Å². The third kappa shape index (κ3) is 5.16. The zero-order chi connectivity index (χ0) is 18.2. The molecule has 0 aromatic rings. The molecular formula is C15H27NO6P2. The summed E-state index contributed by atoms with van der Waals surface area (Å²) in [6, 6.07) is 0. The minimum absolute atomic E-state index is 0.0394. The molecule has 0 fully saturated rings. The number of hydrogen-bond donors (Lipinski definition) is 1. The zero-order valence-corrected chi connectivity index (χ0v) is 16.5. The Bertz CT molecular complexity index is 559. The lowest BCUT2D eigenvalue weighted by molar-refractivity contribution is 0.214. The lowest BCUT2D eigenvalue weighted by atomic mass is 10.1. The monoisotopic (exact) mass is 379 g/mol. The largest absolute Gasteiger partial charge is 0.399 e. The predicted octanol–water partition coefficient (Wildman–Crippen LogP) is 4.53. The highest BCUT2D eigenvalue weighted by Crippen LogP contribution is 2.75. The van der Waals surface area contributed by atoms with Gasteiger partial charge in [-0.05, 0) is 45.8 Å². The van der Waals surface area contributed by atoms with Crippen molar-refractivity contribution in [1.82, 2.24) is 0 Å². The van der Waals surface area contributed by atoms with Gasteiger partial charge >= 0.3 is 15.2 Å². The molecule has 1 rings (SSSR count). The molecule has 7 nitrogen and oxygen atoms in total. The van der Waals surface area contributed by atoms with Gasteiger partial charge in [0.15, 0.2) is 5.06 Å². The van der Waals surface area contributed by atoms with E-state index in [9.17, 15) is 9.13 Å². The van der Waals surface area contributed by atoms with E-state index in [0.717, 1.165) is 0 Å². The van der Waals surface area contributed by atoms with Crippen molar-refractivity contribution < 1.29 is 27.2 Å².